The van der Waals surface area contributed by atoms with Crippen LogP contribution in [0, 0.1) is 5.92 Å². The Morgan fingerprint density at radius 2 is 1.64 bits per heavy atom. The normalized spacial score (nSPS) is 15.5. The third kappa shape index (κ3) is 6.25. The van der Waals surface area contributed by atoms with Crippen molar-refractivity contribution in [2.75, 3.05) is 26.8 Å². The van der Waals surface area contributed by atoms with Gasteiger partial charge in [0.2, 0.25) is 0 Å². The van der Waals surface area contributed by atoms with Gasteiger partial charge in [0.1, 0.15) is 11.8 Å². The van der Waals surface area contributed by atoms with Crippen LogP contribution in [0.1, 0.15) is 49.9 Å². The Hall–Kier alpha value is -2.57. The maximum Gasteiger partial charge on any atom is 0.329 e. The van der Waals surface area contributed by atoms with Crippen molar-refractivity contribution in [1.29, 1.82) is 0 Å². The summed E-state index contributed by atoms with van der Waals surface area (Å²) in [6, 6.07) is 5.78. The van der Waals surface area contributed by atoms with Crippen LogP contribution in [0.25, 0.3) is 0 Å². The average Bonchev–Trinajstić information content (AvgIpc) is 2.99. The van der Waals surface area contributed by atoms with E-state index in [1.807, 2.05) is 13.8 Å². The van der Waals surface area contributed by atoms with Gasteiger partial charge in [0.25, 0.3) is 11.8 Å². The third-order valence-electron chi connectivity index (χ3n) is 4.86. The van der Waals surface area contributed by atoms with E-state index in [1.165, 1.54) is 0 Å². The SMILES string of the molecule is COc1ccc(C(=O)N[C@H](C(=O)OCC(=O)N2CCCCCC2)C(C)C)cc1. The fraction of sp³-hybridized carbons (Fsp3) is 0.571. The second-order valence-corrected chi connectivity index (χ2v) is 7.33. The summed E-state index contributed by atoms with van der Waals surface area (Å²) >= 11 is 0. The molecule has 7 nitrogen and oxygen atoms in total. The summed E-state index contributed by atoms with van der Waals surface area (Å²) in [7, 11) is 1.55. The molecule has 28 heavy (non-hydrogen) atoms. The Kier molecular flexibility index (Phi) is 8.29. The number of rotatable bonds is 7. The van der Waals surface area contributed by atoms with E-state index in [0.717, 1.165) is 25.7 Å². The molecule has 2 rings (SSSR count). The van der Waals surface area contributed by atoms with Crippen molar-refractivity contribution in [2.24, 2.45) is 5.92 Å². The summed E-state index contributed by atoms with van der Waals surface area (Å²) in [6.07, 6.45) is 4.20. The van der Waals surface area contributed by atoms with Gasteiger partial charge < -0.3 is 19.7 Å². The molecular formula is C21H30N2O5. The molecule has 0 spiro atoms. The minimum atomic E-state index is -0.827. The predicted molar refractivity (Wildman–Crippen MR) is 105 cm³/mol. The van der Waals surface area contributed by atoms with Crippen LogP contribution in [0.2, 0.25) is 0 Å². The molecule has 1 atom stereocenters. The van der Waals surface area contributed by atoms with Gasteiger partial charge in [0.05, 0.1) is 7.11 Å². The van der Waals surface area contributed by atoms with Gasteiger partial charge in [0.15, 0.2) is 6.61 Å². The highest BCUT2D eigenvalue weighted by molar-refractivity contribution is 5.97. The standard InChI is InChI=1S/C21H30N2O5/c1-15(2)19(22-20(25)16-8-10-17(27-3)11-9-16)21(26)28-14-18(24)23-12-6-4-5-7-13-23/h8-11,15,19H,4-7,12-14H2,1-3H3,(H,22,25)/t19-/m0/s1. The molecule has 1 N–H and O–H groups in total. The van der Waals surface area contributed by atoms with E-state index in [4.69, 9.17) is 9.47 Å². The van der Waals surface area contributed by atoms with E-state index >= 15 is 0 Å². The highest BCUT2D eigenvalue weighted by Gasteiger charge is 2.27. The number of esters is 1. The van der Waals surface area contributed by atoms with Crippen molar-refractivity contribution in [2.45, 2.75) is 45.6 Å². The number of ether oxygens (including phenoxy) is 2. The van der Waals surface area contributed by atoms with Crippen molar-refractivity contribution < 1.29 is 23.9 Å². The number of methoxy groups -OCH3 is 1. The Labute approximate surface area is 166 Å². The molecular weight excluding hydrogens is 360 g/mol. The van der Waals surface area contributed by atoms with E-state index in [2.05, 4.69) is 5.32 Å². The second-order valence-electron chi connectivity index (χ2n) is 7.33. The van der Waals surface area contributed by atoms with Crippen LogP contribution in [0.5, 0.6) is 5.75 Å². The molecule has 1 saturated heterocycles. The quantitative estimate of drug-likeness (QED) is 0.723. The lowest BCUT2D eigenvalue weighted by molar-refractivity contribution is -0.154. The Morgan fingerprint density at radius 1 is 1.04 bits per heavy atom. The average molecular weight is 390 g/mol. The number of hydrogen-bond acceptors (Lipinski definition) is 5. The van der Waals surface area contributed by atoms with E-state index in [-0.39, 0.29) is 24.3 Å². The van der Waals surface area contributed by atoms with E-state index in [0.29, 0.717) is 24.4 Å². The van der Waals surface area contributed by atoms with Crippen LogP contribution in [0.4, 0.5) is 0 Å². The first-order valence-corrected chi connectivity index (χ1v) is 9.81. The van der Waals surface area contributed by atoms with E-state index < -0.39 is 12.0 Å². The molecule has 1 aromatic rings. The molecule has 0 bridgehead atoms. The zero-order chi connectivity index (χ0) is 20.5. The first-order chi connectivity index (χ1) is 13.4. The van der Waals surface area contributed by atoms with Gasteiger partial charge in [-0.05, 0) is 43.0 Å². The van der Waals surface area contributed by atoms with Gasteiger partial charge in [-0.25, -0.2) is 4.79 Å². The van der Waals surface area contributed by atoms with Crippen LogP contribution in [-0.2, 0) is 14.3 Å². The lowest BCUT2D eigenvalue weighted by atomic mass is 10.0. The van der Waals surface area contributed by atoms with Gasteiger partial charge >= 0.3 is 5.97 Å². The Balaban J connectivity index is 1.91. The molecule has 7 heteroatoms. The molecule has 0 aliphatic carbocycles. The minimum absolute atomic E-state index is 0.178. The summed E-state index contributed by atoms with van der Waals surface area (Å²) in [6.45, 7) is 4.75. The Morgan fingerprint density at radius 3 is 2.18 bits per heavy atom. The van der Waals surface area contributed by atoms with Gasteiger partial charge in [-0.3, -0.25) is 9.59 Å². The zero-order valence-corrected chi connectivity index (χ0v) is 16.9. The van der Waals surface area contributed by atoms with Crippen molar-refractivity contribution in [1.82, 2.24) is 10.2 Å². The number of benzene rings is 1. The van der Waals surface area contributed by atoms with Gasteiger partial charge in [-0.2, -0.15) is 0 Å². The first-order valence-electron chi connectivity index (χ1n) is 9.81. The lowest BCUT2D eigenvalue weighted by Crippen LogP contribution is -2.46. The highest BCUT2D eigenvalue weighted by Crippen LogP contribution is 2.13. The summed E-state index contributed by atoms with van der Waals surface area (Å²) in [4.78, 5) is 39.0. The van der Waals surface area contributed by atoms with Crippen LogP contribution in [-0.4, -0.2) is 55.5 Å². The fourth-order valence-electron chi connectivity index (χ4n) is 3.10. The van der Waals surface area contributed by atoms with Crippen LogP contribution in [0.15, 0.2) is 24.3 Å². The summed E-state index contributed by atoms with van der Waals surface area (Å²) in [5.41, 5.74) is 0.417. The molecule has 0 saturated carbocycles. The zero-order valence-electron chi connectivity index (χ0n) is 16.9. The number of likely N-dealkylation sites (tertiary alicyclic amines) is 1. The monoisotopic (exact) mass is 390 g/mol. The topological polar surface area (TPSA) is 84.9 Å². The summed E-state index contributed by atoms with van der Waals surface area (Å²) in [5, 5.41) is 2.70. The fourth-order valence-corrected chi connectivity index (χ4v) is 3.10. The van der Waals surface area contributed by atoms with E-state index in [1.54, 1.807) is 36.3 Å². The Bertz CT molecular complexity index is 664. The van der Waals surface area contributed by atoms with Crippen LogP contribution >= 0.6 is 0 Å². The summed E-state index contributed by atoms with van der Waals surface area (Å²) < 4.78 is 10.3. The number of carbonyl (C=O) groups is 3. The second kappa shape index (κ2) is 10.7. The lowest BCUT2D eigenvalue weighted by Gasteiger charge is -2.23. The number of nitrogens with one attached hydrogen (secondary N) is 1. The molecule has 0 radical (unpaired) electrons. The molecule has 1 fully saturated rings. The number of nitrogens with zero attached hydrogens (tertiary/aromatic N) is 1. The number of amides is 2. The molecule has 154 valence electrons. The largest absolute Gasteiger partial charge is 0.497 e. The predicted octanol–water partition coefficient (Wildman–Crippen LogP) is 2.40. The van der Waals surface area contributed by atoms with Gasteiger partial charge in [-0.15, -0.1) is 0 Å². The molecule has 1 aliphatic heterocycles. The maximum atomic E-state index is 12.5. The third-order valence-corrected chi connectivity index (χ3v) is 4.86. The molecule has 1 heterocycles. The van der Waals surface area contributed by atoms with Crippen molar-refractivity contribution in [3.05, 3.63) is 29.8 Å². The molecule has 1 aromatic carbocycles. The molecule has 1 aliphatic rings. The van der Waals surface area contributed by atoms with Gasteiger partial charge in [-0.1, -0.05) is 26.7 Å². The van der Waals surface area contributed by atoms with Crippen LogP contribution in [0.3, 0.4) is 0 Å². The smallest absolute Gasteiger partial charge is 0.329 e. The molecule has 0 aromatic heterocycles. The van der Waals surface area contributed by atoms with E-state index in [9.17, 15) is 14.4 Å². The minimum Gasteiger partial charge on any atom is -0.497 e. The van der Waals surface area contributed by atoms with Crippen LogP contribution < -0.4 is 10.1 Å². The molecule has 0 unspecified atom stereocenters. The summed E-state index contributed by atoms with van der Waals surface area (Å²) in [5.74, 6) is -0.692. The van der Waals surface area contributed by atoms with Gasteiger partial charge in [0, 0.05) is 18.7 Å². The molecule has 2 amide bonds. The highest BCUT2D eigenvalue weighted by atomic mass is 16.5. The first kappa shape index (κ1) is 21.7. The van der Waals surface area contributed by atoms with Crippen molar-refractivity contribution in [3.8, 4) is 5.75 Å². The maximum absolute atomic E-state index is 12.5. The number of hydrogen-bond donors (Lipinski definition) is 1. The van der Waals surface area contributed by atoms with Crippen molar-refractivity contribution >= 4 is 17.8 Å². The van der Waals surface area contributed by atoms with Crippen molar-refractivity contribution in [3.63, 3.8) is 0 Å². The number of carbonyl (C=O) groups excluding carboxylic acids is 3.